The minimum atomic E-state index is 0.410. The first kappa shape index (κ1) is 15.5. The van der Waals surface area contributed by atoms with Gasteiger partial charge in [-0.1, -0.05) is 19.1 Å². The maximum atomic E-state index is 3.50. The van der Waals surface area contributed by atoms with Crippen LogP contribution in [0.1, 0.15) is 30.3 Å². The van der Waals surface area contributed by atoms with Crippen molar-refractivity contribution in [2.24, 2.45) is 0 Å². The van der Waals surface area contributed by atoms with E-state index in [2.05, 4.69) is 82.8 Å². The Balaban J connectivity index is 2.01. The van der Waals surface area contributed by atoms with E-state index in [1.54, 1.807) is 11.3 Å². The van der Waals surface area contributed by atoms with Gasteiger partial charge in [0.15, 0.2) is 0 Å². The Bertz CT molecular complexity index is 536. The van der Waals surface area contributed by atoms with Crippen LogP contribution in [0.15, 0.2) is 40.2 Å². The molecule has 20 heavy (non-hydrogen) atoms. The average molecular weight is 353 g/mol. The molecule has 0 spiro atoms. The van der Waals surface area contributed by atoms with Gasteiger partial charge in [-0.05, 0) is 53.2 Å². The van der Waals surface area contributed by atoms with Crippen LogP contribution in [0.4, 0.5) is 5.69 Å². The monoisotopic (exact) mass is 352 g/mol. The van der Waals surface area contributed by atoms with Gasteiger partial charge >= 0.3 is 0 Å². The van der Waals surface area contributed by atoms with E-state index in [-0.39, 0.29) is 0 Å². The van der Waals surface area contributed by atoms with Crippen LogP contribution in [-0.2, 0) is 6.54 Å². The molecule has 1 heterocycles. The lowest BCUT2D eigenvalue weighted by atomic mass is 10.1. The van der Waals surface area contributed by atoms with Crippen molar-refractivity contribution in [2.75, 3.05) is 18.5 Å². The summed E-state index contributed by atoms with van der Waals surface area (Å²) in [7, 11) is 2.14. The van der Waals surface area contributed by atoms with Gasteiger partial charge in [0.1, 0.15) is 0 Å². The van der Waals surface area contributed by atoms with Crippen molar-refractivity contribution in [2.45, 2.75) is 26.4 Å². The molecule has 1 aromatic carbocycles. The Morgan fingerprint density at radius 1 is 1.30 bits per heavy atom. The summed E-state index contributed by atoms with van der Waals surface area (Å²) in [6.45, 7) is 6.28. The van der Waals surface area contributed by atoms with Crippen LogP contribution in [0.5, 0.6) is 0 Å². The van der Waals surface area contributed by atoms with E-state index >= 15 is 0 Å². The van der Waals surface area contributed by atoms with Crippen molar-refractivity contribution in [1.82, 2.24) is 5.32 Å². The van der Waals surface area contributed by atoms with E-state index in [1.807, 2.05) is 0 Å². The maximum Gasteiger partial charge on any atom is 0.0519 e. The Morgan fingerprint density at radius 2 is 2.00 bits per heavy atom. The SMILES string of the molecule is CCNC(C)c1ccc(N(C)Cc2cc(Br)cs2)cc1. The van der Waals surface area contributed by atoms with Crippen LogP contribution in [-0.4, -0.2) is 13.6 Å². The maximum absolute atomic E-state index is 3.50. The minimum Gasteiger partial charge on any atom is -0.369 e. The molecular formula is C16H21BrN2S. The van der Waals surface area contributed by atoms with Gasteiger partial charge in [0.25, 0.3) is 0 Å². The molecule has 0 saturated carbocycles. The molecule has 0 aliphatic rings. The molecule has 1 N–H and O–H groups in total. The number of hydrogen-bond acceptors (Lipinski definition) is 3. The van der Waals surface area contributed by atoms with Crippen molar-refractivity contribution >= 4 is 33.0 Å². The molecule has 0 radical (unpaired) electrons. The van der Waals surface area contributed by atoms with Gasteiger partial charge < -0.3 is 10.2 Å². The molecule has 0 saturated heterocycles. The second-order valence-electron chi connectivity index (χ2n) is 4.96. The molecule has 0 fully saturated rings. The summed E-state index contributed by atoms with van der Waals surface area (Å²) >= 11 is 5.29. The zero-order chi connectivity index (χ0) is 14.5. The minimum absolute atomic E-state index is 0.410. The van der Waals surface area contributed by atoms with Gasteiger partial charge in [-0.25, -0.2) is 0 Å². The first-order chi connectivity index (χ1) is 9.60. The smallest absolute Gasteiger partial charge is 0.0519 e. The third-order valence-corrected chi connectivity index (χ3v) is 5.04. The Labute approximate surface area is 133 Å². The fraction of sp³-hybridized carbons (Fsp3) is 0.375. The largest absolute Gasteiger partial charge is 0.369 e. The van der Waals surface area contributed by atoms with Gasteiger partial charge in [0.05, 0.1) is 6.54 Å². The van der Waals surface area contributed by atoms with Crippen LogP contribution in [0.3, 0.4) is 0 Å². The summed E-state index contributed by atoms with van der Waals surface area (Å²) in [6, 6.07) is 11.4. The highest BCUT2D eigenvalue weighted by molar-refractivity contribution is 9.10. The van der Waals surface area contributed by atoms with E-state index in [4.69, 9.17) is 0 Å². The molecule has 1 atom stereocenters. The number of nitrogens with zero attached hydrogens (tertiary/aromatic N) is 1. The summed E-state index contributed by atoms with van der Waals surface area (Å²) in [6.07, 6.45) is 0. The molecule has 2 rings (SSSR count). The fourth-order valence-corrected chi connectivity index (χ4v) is 3.71. The third-order valence-electron chi connectivity index (χ3n) is 3.36. The van der Waals surface area contributed by atoms with Crippen molar-refractivity contribution in [3.63, 3.8) is 0 Å². The molecule has 2 aromatic rings. The van der Waals surface area contributed by atoms with Gasteiger partial charge in [0.2, 0.25) is 0 Å². The summed E-state index contributed by atoms with van der Waals surface area (Å²) in [5.41, 5.74) is 2.59. The standard InChI is InChI=1S/C16H21BrN2S/c1-4-18-12(2)13-5-7-15(8-6-13)19(3)10-16-9-14(17)11-20-16/h5-9,11-12,18H,4,10H2,1-3H3. The third kappa shape index (κ3) is 4.08. The van der Waals surface area contributed by atoms with E-state index in [1.165, 1.54) is 20.6 Å². The highest BCUT2D eigenvalue weighted by atomic mass is 79.9. The van der Waals surface area contributed by atoms with Gasteiger partial charge in [0, 0.05) is 33.5 Å². The summed E-state index contributed by atoms with van der Waals surface area (Å²) in [4.78, 5) is 3.64. The number of benzene rings is 1. The highest BCUT2D eigenvalue weighted by Crippen LogP contribution is 2.24. The summed E-state index contributed by atoms with van der Waals surface area (Å²) in [5, 5.41) is 5.57. The van der Waals surface area contributed by atoms with E-state index in [0.717, 1.165) is 13.1 Å². The Hall–Kier alpha value is -0.840. The van der Waals surface area contributed by atoms with Crippen molar-refractivity contribution < 1.29 is 0 Å². The van der Waals surface area contributed by atoms with Gasteiger partial charge in [-0.2, -0.15) is 0 Å². The molecule has 2 nitrogen and oxygen atoms in total. The summed E-state index contributed by atoms with van der Waals surface area (Å²) in [5.74, 6) is 0. The number of anilines is 1. The van der Waals surface area contributed by atoms with Crippen LogP contribution < -0.4 is 10.2 Å². The topological polar surface area (TPSA) is 15.3 Å². The molecule has 0 amide bonds. The molecule has 0 aliphatic carbocycles. The second kappa shape index (κ2) is 7.25. The van der Waals surface area contributed by atoms with Crippen LogP contribution in [0.25, 0.3) is 0 Å². The van der Waals surface area contributed by atoms with Crippen LogP contribution in [0.2, 0.25) is 0 Å². The second-order valence-corrected chi connectivity index (χ2v) is 6.87. The molecule has 1 unspecified atom stereocenters. The lowest BCUT2D eigenvalue weighted by molar-refractivity contribution is 0.598. The average Bonchev–Trinajstić information content (AvgIpc) is 2.84. The molecular weight excluding hydrogens is 332 g/mol. The molecule has 0 bridgehead atoms. The zero-order valence-electron chi connectivity index (χ0n) is 12.2. The number of halogens is 1. The van der Waals surface area contributed by atoms with E-state index < -0.39 is 0 Å². The van der Waals surface area contributed by atoms with E-state index in [0.29, 0.717) is 6.04 Å². The zero-order valence-corrected chi connectivity index (χ0v) is 14.6. The lowest BCUT2D eigenvalue weighted by Crippen LogP contribution is -2.18. The van der Waals surface area contributed by atoms with Gasteiger partial charge in [-0.3, -0.25) is 0 Å². The predicted octanol–water partition coefficient (Wildman–Crippen LogP) is 4.82. The Morgan fingerprint density at radius 3 is 2.55 bits per heavy atom. The molecule has 0 aliphatic heterocycles. The van der Waals surface area contributed by atoms with Gasteiger partial charge in [-0.15, -0.1) is 11.3 Å². The quantitative estimate of drug-likeness (QED) is 0.801. The normalized spacial score (nSPS) is 12.4. The fourth-order valence-electron chi connectivity index (χ4n) is 2.20. The number of nitrogens with one attached hydrogen (secondary N) is 1. The van der Waals surface area contributed by atoms with Crippen molar-refractivity contribution in [3.05, 3.63) is 50.6 Å². The first-order valence-corrected chi connectivity index (χ1v) is 8.54. The van der Waals surface area contributed by atoms with Crippen LogP contribution in [0, 0.1) is 0 Å². The number of thiophene rings is 1. The summed E-state index contributed by atoms with van der Waals surface area (Å²) < 4.78 is 1.17. The van der Waals surface area contributed by atoms with Crippen molar-refractivity contribution in [3.8, 4) is 0 Å². The lowest BCUT2D eigenvalue weighted by Gasteiger charge is -2.20. The molecule has 1 aromatic heterocycles. The number of hydrogen-bond donors (Lipinski definition) is 1. The first-order valence-electron chi connectivity index (χ1n) is 6.87. The van der Waals surface area contributed by atoms with E-state index in [9.17, 15) is 0 Å². The molecule has 4 heteroatoms. The Kier molecular flexibility index (Phi) is 5.64. The predicted molar refractivity (Wildman–Crippen MR) is 92.7 cm³/mol. The van der Waals surface area contributed by atoms with Crippen LogP contribution >= 0.6 is 27.3 Å². The number of rotatable bonds is 6. The highest BCUT2D eigenvalue weighted by Gasteiger charge is 2.07. The van der Waals surface area contributed by atoms with Crippen molar-refractivity contribution in [1.29, 1.82) is 0 Å². The molecule has 108 valence electrons.